The highest BCUT2D eigenvalue weighted by Gasteiger charge is 2.23. The number of carbonyl (C=O) groups is 1. The molecule has 0 aliphatic rings. The average molecular weight is 498 g/mol. The molecule has 1 aromatic heterocycles. The highest BCUT2D eigenvalue weighted by Crippen LogP contribution is 2.34. The fourth-order valence-corrected chi connectivity index (χ4v) is 5.64. The molecule has 6 nitrogen and oxygen atoms in total. The van der Waals surface area contributed by atoms with Gasteiger partial charge in [-0.25, -0.2) is 17.8 Å². The summed E-state index contributed by atoms with van der Waals surface area (Å²) >= 11 is 7.59. The van der Waals surface area contributed by atoms with Gasteiger partial charge in [-0.2, -0.15) is 0 Å². The maximum absolute atomic E-state index is 13.1. The number of amides is 1. The van der Waals surface area contributed by atoms with Crippen LogP contribution in [-0.4, -0.2) is 57.1 Å². The summed E-state index contributed by atoms with van der Waals surface area (Å²) in [5, 5.41) is 1.12. The molecular weight excluding hydrogens is 473 g/mol. The van der Waals surface area contributed by atoms with E-state index >= 15 is 0 Å². The van der Waals surface area contributed by atoms with Gasteiger partial charge in [0.15, 0.2) is 15.0 Å². The molecule has 0 bridgehead atoms. The number of aryl methyl sites for hydroxylation is 1. The average Bonchev–Trinajstić information content (AvgIpc) is 3.17. The fourth-order valence-electron chi connectivity index (χ4n) is 3.19. The largest absolute Gasteiger partial charge is 0.309 e. The summed E-state index contributed by atoms with van der Waals surface area (Å²) < 4.78 is 39.2. The number of halogens is 2. The number of carbonyl (C=O) groups excluding carboxylic acids is 1. The Bertz CT molecular complexity index is 1210. The summed E-state index contributed by atoms with van der Waals surface area (Å²) in [5.41, 5.74) is 1.58. The van der Waals surface area contributed by atoms with E-state index in [1.54, 1.807) is 11.0 Å². The lowest BCUT2D eigenvalue weighted by molar-refractivity contribution is -0.118. The standard InChI is InChI=1S/C22H25ClFN3O3S2/c1-15-18(23)9-10-19-21(15)25-22(31-19)27(13-4-12-26(2)3)20(28)11-14-32(29,30)17-7-5-16(24)6-8-17/h5-10H,4,11-14H2,1-3H3. The third-order valence-corrected chi connectivity index (χ3v) is 8.20. The van der Waals surface area contributed by atoms with Crippen LogP contribution in [0.2, 0.25) is 5.02 Å². The molecule has 0 saturated carbocycles. The molecule has 0 atom stereocenters. The maximum Gasteiger partial charge on any atom is 0.229 e. The summed E-state index contributed by atoms with van der Waals surface area (Å²) in [7, 11) is 0.182. The molecule has 1 heterocycles. The van der Waals surface area contributed by atoms with Gasteiger partial charge in [0.2, 0.25) is 5.91 Å². The number of rotatable bonds is 9. The first kappa shape index (κ1) is 24.6. The van der Waals surface area contributed by atoms with Crippen LogP contribution < -0.4 is 4.90 Å². The minimum atomic E-state index is -3.72. The molecule has 0 fully saturated rings. The zero-order chi connectivity index (χ0) is 23.5. The Hall–Kier alpha value is -2.07. The Balaban J connectivity index is 1.82. The summed E-state index contributed by atoms with van der Waals surface area (Å²) in [6.45, 7) is 3.06. The van der Waals surface area contributed by atoms with Crippen molar-refractivity contribution in [2.45, 2.75) is 24.7 Å². The monoisotopic (exact) mass is 497 g/mol. The van der Waals surface area contributed by atoms with Crippen molar-refractivity contribution in [3.8, 4) is 0 Å². The zero-order valence-corrected chi connectivity index (χ0v) is 20.5. The molecule has 0 unspecified atom stereocenters. The van der Waals surface area contributed by atoms with Gasteiger partial charge in [-0.1, -0.05) is 22.9 Å². The van der Waals surface area contributed by atoms with Crippen LogP contribution in [0.3, 0.4) is 0 Å². The van der Waals surface area contributed by atoms with Crippen LogP contribution in [0.25, 0.3) is 10.2 Å². The van der Waals surface area contributed by atoms with Gasteiger partial charge < -0.3 is 4.90 Å². The number of aromatic nitrogens is 1. The van der Waals surface area contributed by atoms with Gasteiger partial charge in [0, 0.05) is 18.0 Å². The first-order valence-corrected chi connectivity index (χ1v) is 12.9. The van der Waals surface area contributed by atoms with E-state index in [0.29, 0.717) is 23.1 Å². The molecule has 10 heteroatoms. The number of nitrogens with zero attached hydrogens (tertiary/aromatic N) is 3. The Morgan fingerprint density at radius 3 is 2.47 bits per heavy atom. The lowest BCUT2D eigenvalue weighted by Gasteiger charge is -2.21. The second kappa shape index (κ2) is 10.2. The minimum Gasteiger partial charge on any atom is -0.309 e. The van der Waals surface area contributed by atoms with Gasteiger partial charge in [-0.05, 0) is 75.9 Å². The van der Waals surface area contributed by atoms with Crippen LogP contribution in [0.4, 0.5) is 9.52 Å². The maximum atomic E-state index is 13.1. The van der Waals surface area contributed by atoms with E-state index < -0.39 is 15.7 Å². The molecular formula is C22H25ClFN3O3S2. The molecule has 0 radical (unpaired) electrons. The van der Waals surface area contributed by atoms with Gasteiger partial charge in [0.25, 0.3) is 0 Å². The van der Waals surface area contributed by atoms with E-state index in [-0.39, 0.29) is 23.0 Å². The van der Waals surface area contributed by atoms with Gasteiger partial charge in [0.1, 0.15) is 5.82 Å². The van der Waals surface area contributed by atoms with Crippen LogP contribution in [0.1, 0.15) is 18.4 Å². The van der Waals surface area contributed by atoms with Crippen LogP contribution in [0.15, 0.2) is 41.3 Å². The predicted octanol–water partition coefficient (Wildman–Crippen LogP) is 4.55. The number of hydrogen-bond donors (Lipinski definition) is 0. The van der Waals surface area contributed by atoms with E-state index in [9.17, 15) is 17.6 Å². The highest BCUT2D eigenvalue weighted by atomic mass is 35.5. The van der Waals surface area contributed by atoms with Gasteiger partial charge >= 0.3 is 0 Å². The molecule has 0 spiro atoms. The topological polar surface area (TPSA) is 70.6 Å². The van der Waals surface area contributed by atoms with Gasteiger partial charge in [-0.15, -0.1) is 0 Å². The van der Waals surface area contributed by atoms with Crippen molar-refractivity contribution in [2.24, 2.45) is 0 Å². The number of sulfone groups is 1. The van der Waals surface area contributed by atoms with E-state index in [1.807, 2.05) is 32.0 Å². The minimum absolute atomic E-state index is 0.00360. The van der Waals surface area contributed by atoms with Crippen LogP contribution in [0, 0.1) is 12.7 Å². The number of thiazole rings is 1. The number of anilines is 1. The van der Waals surface area contributed by atoms with Crippen LogP contribution >= 0.6 is 22.9 Å². The summed E-state index contributed by atoms with van der Waals surface area (Å²) in [4.78, 5) is 21.3. The lowest BCUT2D eigenvalue weighted by atomic mass is 10.2. The van der Waals surface area contributed by atoms with E-state index in [1.165, 1.54) is 23.5 Å². The van der Waals surface area contributed by atoms with Crippen LogP contribution in [-0.2, 0) is 14.6 Å². The van der Waals surface area contributed by atoms with Crippen molar-refractivity contribution in [1.82, 2.24) is 9.88 Å². The first-order valence-electron chi connectivity index (χ1n) is 10.1. The number of hydrogen-bond acceptors (Lipinski definition) is 6. The van der Waals surface area contributed by atoms with E-state index in [2.05, 4.69) is 4.98 Å². The van der Waals surface area contributed by atoms with Crippen molar-refractivity contribution in [3.05, 3.63) is 52.8 Å². The van der Waals surface area contributed by atoms with Crippen molar-refractivity contribution >= 4 is 54.0 Å². The molecule has 32 heavy (non-hydrogen) atoms. The summed E-state index contributed by atoms with van der Waals surface area (Å²) in [6, 6.07) is 8.28. The van der Waals surface area contributed by atoms with Crippen LogP contribution in [0.5, 0.6) is 0 Å². The quantitative estimate of drug-likeness (QED) is 0.406. The Morgan fingerprint density at radius 2 is 1.81 bits per heavy atom. The predicted molar refractivity (Wildman–Crippen MR) is 128 cm³/mol. The number of benzene rings is 2. The first-order chi connectivity index (χ1) is 15.1. The Kier molecular flexibility index (Phi) is 7.87. The third-order valence-electron chi connectivity index (χ3n) is 5.01. The number of fused-ring (bicyclic) bond motifs is 1. The lowest BCUT2D eigenvalue weighted by Crippen LogP contribution is -2.34. The zero-order valence-electron chi connectivity index (χ0n) is 18.1. The second-order valence-corrected chi connectivity index (χ2v) is 11.3. The third kappa shape index (κ3) is 5.83. The Labute approximate surface area is 196 Å². The smallest absolute Gasteiger partial charge is 0.229 e. The second-order valence-electron chi connectivity index (χ2n) is 7.74. The molecule has 1 amide bonds. The van der Waals surface area contributed by atoms with Gasteiger partial charge in [-0.3, -0.25) is 9.69 Å². The molecule has 2 aromatic carbocycles. The molecule has 0 aliphatic heterocycles. The SMILES string of the molecule is Cc1c(Cl)ccc2sc(N(CCCN(C)C)C(=O)CCS(=O)(=O)c3ccc(F)cc3)nc12. The fraction of sp³-hybridized carbons (Fsp3) is 0.364. The normalized spacial score (nSPS) is 11.9. The molecule has 0 saturated heterocycles. The van der Waals surface area contributed by atoms with E-state index in [0.717, 1.165) is 34.5 Å². The molecule has 0 N–H and O–H groups in total. The van der Waals surface area contributed by atoms with Crippen molar-refractivity contribution < 1.29 is 17.6 Å². The van der Waals surface area contributed by atoms with Crippen molar-refractivity contribution in [2.75, 3.05) is 37.8 Å². The molecule has 0 aliphatic carbocycles. The van der Waals surface area contributed by atoms with Crippen molar-refractivity contribution in [1.29, 1.82) is 0 Å². The van der Waals surface area contributed by atoms with Crippen molar-refractivity contribution in [3.63, 3.8) is 0 Å². The Morgan fingerprint density at radius 1 is 1.12 bits per heavy atom. The van der Waals surface area contributed by atoms with Gasteiger partial charge in [0.05, 0.1) is 20.9 Å². The molecule has 172 valence electrons. The molecule has 3 rings (SSSR count). The summed E-state index contributed by atoms with van der Waals surface area (Å²) in [5.74, 6) is -1.20. The molecule has 3 aromatic rings. The van der Waals surface area contributed by atoms with E-state index in [4.69, 9.17) is 11.6 Å². The summed E-state index contributed by atoms with van der Waals surface area (Å²) in [6.07, 6.45) is 0.510. The highest BCUT2D eigenvalue weighted by molar-refractivity contribution is 7.91.